The van der Waals surface area contributed by atoms with Crippen molar-refractivity contribution in [3.05, 3.63) is 33.8 Å². The third kappa shape index (κ3) is 5.30. The van der Waals surface area contributed by atoms with Gasteiger partial charge in [-0.3, -0.25) is 4.90 Å². The molecule has 110 valence electrons. The lowest BCUT2D eigenvalue weighted by Gasteiger charge is -2.34. The average molecular weight is 346 g/mol. The highest BCUT2D eigenvalue weighted by Gasteiger charge is 2.20. The van der Waals surface area contributed by atoms with Crippen molar-refractivity contribution < 1.29 is 0 Å². The molecule has 1 aromatic carbocycles. The number of rotatable bonds is 3. The van der Waals surface area contributed by atoms with Gasteiger partial charge in [-0.2, -0.15) is 0 Å². The third-order valence-electron chi connectivity index (χ3n) is 3.25. The number of piperazine rings is 1. The van der Waals surface area contributed by atoms with E-state index < -0.39 is 0 Å². The molecule has 0 bridgehead atoms. The molecule has 0 aliphatic carbocycles. The summed E-state index contributed by atoms with van der Waals surface area (Å²) in [4.78, 5) is 2.50. The second kappa shape index (κ2) is 9.28. The molecule has 1 aromatic rings. The van der Waals surface area contributed by atoms with Crippen LogP contribution in [0.4, 0.5) is 0 Å². The summed E-state index contributed by atoms with van der Waals surface area (Å²) in [5.74, 6) is 0. The Morgan fingerprint density at radius 2 is 1.63 bits per heavy atom. The predicted molar refractivity (Wildman–Crippen MR) is 88.4 cm³/mol. The zero-order valence-electron chi connectivity index (χ0n) is 10.9. The fourth-order valence-corrected chi connectivity index (χ4v) is 3.01. The normalized spacial score (nSPS) is 17.2. The third-order valence-corrected chi connectivity index (χ3v) is 3.69. The molecule has 0 saturated carbocycles. The number of hydrogen-bond acceptors (Lipinski definition) is 2. The molecule has 1 atom stereocenters. The van der Waals surface area contributed by atoms with Crippen LogP contribution in [0.5, 0.6) is 0 Å². The van der Waals surface area contributed by atoms with Crippen molar-refractivity contribution in [1.29, 1.82) is 0 Å². The van der Waals surface area contributed by atoms with Gasteiger partial charge in [0.25, 0.3) is 0 Å². The molecule has 1 heterocycles. The minimum atomic E-state index is 0. The van der Waals surface area contributed by atoms with E-state index in [0.717, 1.165) is 42.6 Å². The van der Waals surface area contributed by atoms with Crippen LogP contribution in [-0.2, 0) is 0 Å². The molecule has 19 heavy (non-hydrogen) atoms. The Balaban J connectivity index is 0.00000162. The Kier molecular flexibility index (Phi) is 9.42. The first-order chi connectivity index (χ1) is 8.20. The van der Waals surface area contributed by atoms with Crippen LogP contribution in [-0.4, -0.2) is 31.1 Å². The summed E-state index contributed by atoms with van der Waals surface area (Å²) >= 11 is 12.1. The minimum Gasteiger partial charge on any atom is -0.314 e. The number of benzene rings is 1. The topological polar surface area (TPSA) is 15.3 Å². The van der Waals surface area contributed by atoms with Gasteiger partial charge in [0.05, 0.1) is 0 Å². The molecule has 0 spiro atoms. The van der Waals surface area contributed by atoms with Crippen molar-refractivity contribution in [2.75, 3.05) is 26.2 Å². The molecule has 0 radical (unpaired) electrons. The number of nitrogens with one attached hydrogen (secondary N) is 1. The second-order valence-corrected chi connectivity index (χ2v) is 5.29. The first kappa shape index (κ1) is 19.3. The van der Waals surface area contributed by atoms with Crippen molar-refractivity contribution in [2.24, 2.45) is 0 Å². The molecule has 1 fully saturated rings. The minimum absolute atomic E-state index is 0. The van der Waals surface area contributed by atoms with Crippen LogP contribution in [0.2, 0.25) is 10.0 Å². The smallest absolute Gasteiger partial charge is 0.0424 e. The molecule has 1 N–H and O–H groups in total. The van der Waals surface area contributed by atoms with E-state index in [4.69, 9.17) is 23.2 Å². The molecule has 0 aromatic heterocycles. The molecule has 0 unspecified atom stereocenters. The summed E-state index contributed by atoms with van der Waals surface area (Å²) in [6, 6.07) is 6.28. The molecule has 1 aliphatic rings. The SMILES string of the molecule is CC[C@H](c1cc(Cl)cc(Cl)c1)N1CCNCC1.Cl.Cl. The first-order valence-electron chi connectivity index (χ1n) is 6.11. The Morgan fingerprint density at radius 1 is 1.11 bits per heavy atom. The lowest BCUT2D eigenvalue weighted by molar-refractivity contribution is 0.169. The van der Waals surface area contributed by atoms with Gasteiger partial charge < -0.3 is 5.32 Å². The highest BCUT2D eigenvalue weighted by atomic mass is 35.5. The van der Waals surface area contributed by atoms with Gasteiger partial charge >= 0.3 is 0 Å². The molecule has 0 amide bonds. The Hall–Kier alpha value is 0.300. The van der Waals surface area contributed by atoms with Gasteiger partial charge in [0.2, 0.25) is 0 Å². The summed E-state index contributed by atoms with van der Waals surface area (Å²) < 4.78 is 0. The number of nitrogens with zero attached hydrogens (tertiary/aromatic N) is 1. The van der Waals surface area contributed by atoms with Crippen LogP contribution >= 0.6 is 48.0 Å². The molecule has 2 nitrogen and oxygen atoms in total. The van der Waals surface area contributed by atoms with Gasteiger partial charge in [0.1, 0.15) is 0 Å². The first-order valence-corrected chi connectivity index (χ1v) is 6.87. The van der Waals surface area contributed by atoms with Gasteiger partial charge in [0, 0.05) is 42.3 Å². The van der Waals surface area contributed by atoms with E-state index in [0.29, 0.717) is 6.04 Å². The molecule has 1 aliphatic heterocycles. The molecule has 1 saturated heterocycles. The monoisotopic (exact) mass is 344 g/mol. The predicted octanol–water partition coefficient (Wildman–Crippen LogP) is 4.19. The van der Waals surface area contributed by atoms with Crippen LogP contribution in [0, 0.1) is 0 Å². The standard InChI is InChI=1S/C13H18Cl2N2.2ClH/c1-2-13(17-5-3-16-4-6-17)10-7-11(14)9-12(15)8-10;;/h7-9,13,16H,2-6H2,1H3;2*1H/t13-;;/m1../s1. The summed E-state index contributed by atoms with van der Waals surface area (Å²) in [6.07, 6.45) is 1.08. The average Bonchev–Trinajstić information content (AvgIpc) is 2.30. The fraction of sp³-hybridized carbons (Fsp3) is 0.538. The van der Waals surface area contributed by atoms with Gasteiger partial charge in [-0.05, 0) is 30.2 Å². The number of halogens is 4. The maximum Gasteiger partial charge on any atom is 0.0424 e. The summed E-state index contributed by atoms with van der Waals surface area (Å²) in [6.45, 7) is 6.50. The van der Waals surface area contributed by atoms with E-state index in [1.54, 1.807) is 6.07 Å². The van der Waals surface area contributed by atoms with E-state index in [9.17, 15) is 0 Å². The van der Waals surface area contributed by atoms with Gasteiger partial charge in [-0.1, -0.05) is 30.1 Å². The van der Waals surface area contributed by atoms with Crippen LogP contribution in [0.15, 0.2) is 18.2 Å². The summed E-state index contributed by atoms with van der Waals surface area (Å²) in [7, 11) is 0. The van der Waals surface area contributed by atoms with Crippen LogP contribution < -0.4 is 5.32 Å². The van der Waals surface area contributed by atoms with E-state index in [2.05, 4.69) is 17.1 Å². The van der Waals surface area contributed by atoms with Gasteiger partial charge in [-0.25, -0.2) is 0 Å². The van der Waals surface area contributed by atoms with Crippen molar-refractivity contribution in [2.45, 2.75) is 19.4 Å². The zero-order valence-corrected chi connectivity index (χ0v) is 14.0. The lowest BCUT2D eigenvalue weighted by atomic mass is 10.0. The Morgan fingerprint density at radius 3 is 2.11 bits per heavy atom. The second-order valence-electron chi connectivity index (χ2n) is 4.41. The van der Waals surface area contributed by atoms with Crippen LogP contribution in [0.3, 0.4) is 0 Å². The van der Waals surface area contributed by atoms with Crippen molar-refractivity contribution in [3.63, 3.8) is 0 Å². The van der Waals surface area contributed by atoms with Crippen molar-refractivity contribution >= 4 is 48.0 Å². The van der Waals surface area contributed by atoms with Crippen molar-refractivity contribution in [3.8, 4) is 0 Å². The van der Waals surface area contributed by atoms with E-state index >= 15 is 0 Å². The van der Waals surface area contributed by atoms with Crippen molar-refractivity contribution in [1.82, 2.24) is 10.2 Å². The van der Waals surface area contributed by atoms with Gasteiger partial charge in [0.15, 0.2) is 0 Å². The highest BCUT2D eigenvalue weighted by Crippen LogP contribution is 2.29. The zero-order chi connectivity index (χ0) is 12.3. The van der Waals surface area contributed by atoms with Crippen LogP contribution in [0.25, 0.3) is 0 Å². The van der Waals surface area contributed by atoms with E-state index in [1.165, 1.54) is 5.56 Å². The quantitative estimate of drug-likeness (QED) is 0.883. The summed E-state index contributed by atoms with van der Waals surface area (Å²) in [5.41, 5.74) is 1.23. The Labute approximate surface area is 137 Å². The maximum atomic E-state index is 6.07. The van der Waals surface area contributed by atoms with Crippen LogP contribution in [0.1, 0.15) is 24.9 Å². The maximum absolute atomic E-state index is 6.07. The van der Waals surface area contributed by atoms with E-state index in [-0.39, 0.29) is 24.8 Å². The molecular formula is C13H20Cl4N2. The fourth-order valence-electron chi connectivity index (χ4n) is 2.47. The molecule has 2 rings (SSSR count). The highest BCUT2D eigenvalue weighted by molar-refractivity contribution is 6.34. The van der Waals surface area contributed by atoms with Gasteiger partial charge in [-0.15, -0.1) is 24.8 Å². The van der Waals surface area contributed by atoms with E-state index in [1.807, 2.05) is 12.1 Å². The summed E-state index contributed by atoms with van der Waals surface area (Å²) in [5, 5.41) is 4.82. The largest absolute Gasteiger partial charge is 0.314 e. The molecular weight excluding hydrogens is 326 g/mol. The number of hydrogen-bond donors (Lipinski definition) is 1. The Bertz CT molecular complexity index is 361. The molecule has 6 heteroatoms. The lowest BCUT2D eigenvalue weighted by Crippen LogP contribution is -2.45.